The molecule has 0 aromatic rings. The van der Waals surface area contributed by atoms with Crippen molar-refractivity contribution in [3.05, 3.63) is 23.8 Å². The van der Waals surface area contributed by atoms with Crippen LogP contribution in [0.1, 0.15) is 46.5 Å². The van der Waals surface area contributed by atoms with Gasteiger partial charge in [-0.15, -0.1) is 0 Å². The normalized spacial score (nSPS) is 16.1. The van der Waals surface area contributed by atoms with Gasteiger partial charge in [0.15, 0.2) is 0 Å². The fraction of sp³-hybridized carbons (Fsp3) is 0.692. The first-order valence-electron chi connectivity index (χ1n) is 5.57. The number of unbranched alkanes of at least 4 members (excludes halogenated alkanes) is 1. The maximum absolute atomic E-state index is 5.66. The summed E-state index contributed by atoms with van der Waals surface area (Å²) in [6, 6.07) is 0. The van der Waals surface area contributed by atoms with Crippen molar-refractivity contribution in [3.63, 3.8) is 0 Å². The zero-order chi connectivity index (χ0) is 10.4. The minimum atomic E-state index is 0.0204. The molecule has 14 heavy (non-hydrogen) atoms. The third-order valence-electron chi connectivity index (χ3n) is 2.24. The smallest absolute Gasteiger partial charge is 0.0598 e. The fourth-order valence-corrected chi connectivity index (χ4v) is 1.50. The van der Waals surface area contributed by atoms with Crippen molar-refractivity contribution in [1.29, 1.82) is 0 Å². The molecular formula is C13H22O. The number of hydrogen-bond acceptors (Lipinski definition) is 1. The van der Waals surface area contributed by atoms with Gasteiger partial charge in [-0.2, -0.15) is 0 Å². The molecule has 0 bridgehead atoms. The lowest BCUT2D eigenvalue weighted by molar-refractivity contribution is -0.00450. The molecule has 1 nitrogen and oxygen atoms in total. The van der Waals surface area contributed by atoms with Crippen LogP contribution in [0.5, 0.6) is 0 Å². The molecule has 0 aromatic carbocycles. The van der Waals surface area contributed by atoms with Gasteiger partial charge in [0, 0.05) is 6.61 Å². The Hall–Kier alpha value is -0.560. The van der Waals surface area contributed by atoms with Crippen molar-refractivity contribution >= 4 is 0 Å². The van der Waals surface area contributed by atoms with Gasteiger partial charge in [0.05, 0.1) is 5.60 Å². The summed E-state index contributed by atoms with van der Waals surface area (Å²) in [5.74, 6) is 0. The van der Waals surface area contributed by atoms with E-state index in [-0.39, 0.29) is 5.60 Å². The van der Waals surface area contributed by atoms with Gasteiger partial charge in [0.2, 0.25) is 0 Å². The van der Waals surface area contributed by atoms with E-state index in [4.69, 9.17) is 4.74 Å². The average Bonchev–Trinajstić information content (AvgIpc) is 2.54. The lowest BCUT2D eigenvalue weighted by Gasteiger charge is -2.19. The molecule has 0 amide bonds. The van der Waals surface area contributed by atoms with Crippen molar-refractivity contribution in [3.8, 4) is 0 Å². The Morgan fingerprint density at radius 1 is 1.29 bits per heavy atom. The van der Waals surface area contributed by atoms with Crippen molar-refractivity contribution in [1.82, 2.24) is 0 Å². The SMILES string of the molecule is CC(C)(C)OCCCCC1=CCC=C1. The average molecular weight is 194 g/mol. The first kappa shape index (κ1) is 11.5. The summed E-state index contributed by atoms with van der Waals surface area (Å²) in [7, 11) is 0. The molecule has 1 rings (SSSR count). The van der Waals surface area contributed by atoms with E-state index >= 15 is 0 Å². The molecule has 0 spiro atoms. The molecule has 0 radical (unpaired) electrons. The molecule has 0 heterocycles. The van der Waals surface area contributed by atoms with Crippen LogP contribution in [-0.4, -0.2) is 12.2 Å². The molecule has 0 saturated heterocycles. The summed E-state index contributed by atoms with van der Waals surface area (Å²) >= 11 is 0. The van der Waals surface area contributed by atoms with Gasteiger partial charge in [-0.3, -0.25) is 0 Å². The topological polar surface area (TPSA) is 9.23 Å². The summed E-state index contributed by atoms with van der Waals surface area (Å²) in [6.07, 6.45) is 11.5. The zero-order valence-corrected chi connectivity index (χ0v) is 9.68. The third kappa shape index (κ3) is 5.23. The van der Waals surface area contributed by atoms with Crippen LogP contribution in [0.25, 0.3) is 0 Å². The number of allylic oxidation sites excluding steroid dienone is 4. The Bertz CT molecular complexity index is 218. The van der Waals surface area contributed by atoms with E-state index < -0.39 is 0 Å². The molecule has 0 fully saturated rings. The van der Waals surface area contributed by atoms with E-state index in [2.05, 4.69) is 39.0 Å². The standard InChI is InChI=1S/C13H22O/c1-13(2,3)14-11-7-6-10-12-8-4-5-9-12/h4,8-9H,5-7,10-11H2,1-3H3. The van der Waals surface area contributed by atoms with Crippen LogP contribution in [0.2, 0.25) is 0 Å². The van der Waals surface area contributed by atoms with Gasteiger partial charge in [-0.25, -0.2) is 0 Å². The molecule has 0 saturated carbocycles. The molecule has 1 heteroatoms. The highest BCUT2D eigenvalue weighted by Crippen LogP contribution is 2.16. The Balaban J connectivity index is 1.97. The predicted molar refractivity (Wildman–Crippen MR) is 61.4 cm³/mol. The lowest BCUT2D eigenvalue weighted by Crippen LogP contribution is -2.19. The van der Waals surface area contributed by atoms with E-state index in [1.54, 1.807) is 0 Å². The van der Waals surface area contributed by atoms with Crippen LogP contribution in [0.3, 0.4) is 0 Å². The van der Waals surface area contributed by atoms with Gasteiger partial charge in [0.25, 0.3) is 0 Å². The first-order chi connectivity index (χ1) is 6.58. The third-order valence-corrected chi connectivity index (χ3v) is 2.24. The minimum Gasteiger partial charge on any atom is -0.376 e. The van der Waals surface area contributed by atoms with Crippen LogP contribution >= 0.6 is 0 Å². The molecule has 1 aliphatic rings. The highest BCUT2D eigenvalue weighted by atomic mass is 16.5. The van der Waals surface area contributed by atoms with E-state index in [1.807, 2.05) is 0 Å². The minimum absolute atomic E-state index is 0.0204. The highest BCUT2D eigenvalue weighted by molar-refractivity contribution is 5.25. The largest absolute Gasteiger partial charge is 0.376 e. The number of ether oxygens (including phenoxy) is 1. The van der Waals surface area contributed by atoms with Gasteiger partial charge in [-0.1, -0.05) is 23.8 Å². The maximum Gasteiger partial charge on any atom is 0.0598 e. The van der Waals surface area contributed by atoms with Crippen molar-refractivity contribution < 1.29 is 4.74 Å². The summed E-state index contributed by atoms with van der Waals surface area (Å²) < 4.78 is 5.66. The van der Waals surface area contributed by atoms with E-state index in [0.29, 0.717) is 0 Å². The summed E-state index contributed by atoms with van der Waals surface area (Å²) in [6.45, 7) is 7.21. The Labute approximate surface area is 87.8 Å². The molecule has 1 aliphatic carbocycles. The fourth-order valence-electron chi connectivity index (χ4n) is 1.50. The van der Waals surface area contributed by atoms with Gasteiger partial charge >= 0.3 is 0 Å². The molecule has 0 aliphatic heterocycles. The van der Waals surface area contributed by atoms with Crippen LogP contribution in [0, 0.1) is 0 Å². The number of rotatable bonds is 5. The molecular weight excluding hydrogens is 172 g/mol. The van der Waals surface area contributed by atoms with Crippen LogP contribution in [0.4, 0.5) is 0 Å². The van der Waals surface area contributed by atoms with Crippen LogP contribution < -0.4 is 0 Å². The van der Waals surface area contributed by atoms with E-state index in [0.717, 1.165) is 13.0 Å². The van der Waals surface area contributed by atoms with Crippen molar-refractivity contribution in [2.45, 2.75) is 52.1 Å². The zero-order valence-electron chi connectivity index (χ0n) is 9.68. The predicted octanol–water partition coefficient (Wildman–Crippen LogP) is 3.86. The summed E-state index contributed by atoms with van der Waals surface area (Å²) in [5.41, 5.74) is 1.52. The van der Waals surface area contributed by atoms with Crippen molar-refractivity contribution in [2.75, 3.05) is 6.61 Å². The number of hydrogen-bond donors (Lipinski definition) is 0. The van der Waals surface area contributed by atoms with Gasteiger partial charge in [-0.05, 0) is 46.5 Å². The first-order valence-corrected chi connectivity index (χ1v) is 5.57. The Morgan fingerprint density at radius 2 is 2.07 bits per heavy atom. The maximum atomic E-state index is 5.66. The molecule has 80 valence electrons. The lowest BCUT2D eigenvalue weighted by atomic mass is 10.1. The van der Waals surface area contributed by atoms with Gasteiger partial charge in [0.1, 0.15) is 0 Å². The Kier molecular flexibility index (Phi) is 4.40. The Morgan fingerprint density at radius 3 is 2.64 bits per heavy atom. The van der Waals surface area contributed by atoms with E-state index in [1.165, 1.54) is 24.8 Å². The highest BCUT2D eigenvalue weighted by Gasteiger charge is 2.08. The van der Waals surface area contributed by atoms with E-state index in [9.17, 15) is 0 Å². The van der Waals surface area contributed by atoms with Crippen LogP contribution in [0.15, 0.2) is 23.8 Å². The van der Waals surface area contributed by atoms with Gasteiger partial charge < -0.3 is 4.74 Å². The monoisotopic (exact) mass is 194 g/mol. The quantitative estimate of drug-likeness (QED) is 0.604. The second-order valence-corrected chi connectivity index (χ2v) is 4.84. The molecule has 0 atom stereocenters. The molecule has 0 N–H and O–H groups in total. The second kappa shape index (κ2) is 5.35. The van der Waals surface area contributed by atoms with Crippen molar-refractivity contribution in [2.24, 2.45) is 0 Å². The molecule has 0 aromatic heterocycles. The summed E-state index contributed by atoms with van der Waals surface area (Å²) in [4.78, 5) is 0. The second-order valence-electron chi connectivity index (χ2n) is 4.84. The summed E-state index contributed by atoms with van der Waals surface area (Å²) in [5, 5.41) is 0. The van der Waals surface area contributed by atoms with Crippen LogP contribution in [-0.2, 0) is 4.74 Å². The molecule has 0 unspecified atom stereocenters.